The van der Waals surface area contributed by atoms with Gasteiger partial charge in [0, 0.05) is 18.8 Å². The molecule has 1 saturated carbocycles. The van der Waals surface area contributed by atoms with Gasteiger partial charge >= 0.3 is 6.09 Å². The number of hydrogen-bond donors (Lipinski definition) is 2. The number of anilines is 2. The number of rotatable bonds is 7. The Balaban J connectivity index is 1.45. The molecular weight excluding hydrogens is 453 g/mol. The molecule has 0 radical (unpaired) electrons. The number of amides is 2. The molecule has 1 fully saturated rings. The minimum Gasteiger partial charge on any atom is -0.441 e. The third-order valence-electron chi connectivity index (χ3n) is 5.41. The second-order valence-corrected chi connectivity index (χ2v) is 8.12. The van der Waals surface area contributed by atoms with Crippen molar-refractivity contribution >= 4 is 35.1 Å². The third-order valence-corrected chi connectivity index (χ3v) is 5.73. The molecule has 3 aromatic rings. The summed E-state index contributed by atoms with van der Waals surface area (Å²) in [5.41, 5.74) is 0.812. The fraction of sp³-hybridized carbons (Fsp3) is 0.333. The molecule has 0 aliphatic heterocycles. The Kier molecular flexibility index (Phi) is 6.23. The second-order valence-electron chi connectivity index (χ2n) is 7.77. The standard InChI is InChI=1S/C21H21ClFN7O3/c1-12(14-4-3-9-24-17(14)22)33-20(32)27-18-16(28-29-30(18)2)15-6-5-13(10-25-15)26-19(31)21(11-23)7-8-21/h3-6,9-10,12H,7-8,11H2,1-2H3,(H,26,31)(H,27,32)/t12-/m1/s1. The topological polar surface area (TPSA) is 124 Å². The fourth-order valence-electron chi connectivity index (χ4n) is 3.17. The Morgan fingerprint density at radius 1 is 1.27 bits per heavy atom. The van der Waals surface area contributed by atoms with E-state index in [0.717, 1.165) is 0 Å². The van der Waals surface area contributed by atoms with Crippen molar-refractivity contribution in [1.29, 1.82) is 0 Å². The van der Waals surface area contributed by atoms with Gasteiger partial charge in [-0.2, -0.15) is 0 Å². The van der Waals surface area contributed by atoms with Crippen molar-refractivity contribution in [3.8, 4) is 11.4 Å². The van der Waals surface area contributed by atoms with Gasteiger partial charge in [-0.1, -0.05) is 22.9 Å². The molecule has 0 spiro atoms. The molecule has 3 aromatic heterocycles. The Morgan fingerprint density at radius 3 is 2.70 bits per heavy atom. The Bertz CT molecular complexity index is 1180. The number of nitrogens with one attached hydrogen (secondary N) is 2. The first-order valence-electron chi connectivity index (χ1n) is 10.1. The monoisotopic (exact) mass is 473 g/mol. The zero-order valence-corrected chi connectivity index (χ0v) is 18.6. The zero-order chi connectivity index (χ0) is 23.6. The Hall–Kier alpha value is -3.60. The predicted octanol–water partition coefficient (Wildman–Crippen LogP) is 3.92. The summed E-state index contributed by atoms with van der Waals surface area (Å²) in [5.74, 6) is -0.0878. The molecule has 33 heavy (non-hydrogen) atoms. The minimum atomic E-state index is -0.905. The van der Waals surface area contributed by atoms with Crippen LogP contribution in [0.15, 0.2) is 36.7 Å². The molecule has 0 unspecified atom stereocenters. The molecule has 10 nitrogen and oxygen atoms in total. The Labute approximate surface area is 193 Å². The molecule has 0 aromatic carbocycles. The number of carbonyl (C=O) groups excluding carboxylic acids is 2. The molecule has 2 N–H and O–H groups in total. The SMILES string of the molecule is C[C@@H](OC(=O)Nc1c(-c2ccc(NC(=O)C3(CF)CC3)cn2)nnn1C)c1cccnc1Cl. The van der Waals surface area contributed by atoms with E-state index in [0.29, 0.717) is 35.5 Å². The highest BCUT2D eigenvalue weighted by atomic mass is 35.5. The lowest BCUT2D eigenvalue weighted by Crippen LogP contribution is -2.25. The van der Waals surface area contributed by atoms with E-state index in [-0.39, 0.29) is 16.9 Å². The maximum Gasteiger partial charge on any atom is 0.413 e. The van der Waals surface area contributed by atoms with Crippen LogP contribution in [0.4, 0.5) is 20.7 Å². The van der Waals surface area contributed by atoms with Gasteiger partial charge in [-0.25, -0.2) is 18.9 Å². The molecule has 0 saturated heterocycles. The highest BCUT2D eigenvalue weighted by Crippen LogP contribution is 2.46. The lowest BCUT2D eigenvalue weighted by Gasteiger charge is -2.15. The van der Waals surface area contributed by atoms with Crippen LogP contribution in [0.1, 0.15) is 31.4 Å². The summed E-state index contributed by atoms with van der Waals surface area (Å²) in [5, 5.41) is 13.5. The normalized spacial score (nSPS) is 14.9. The van der Waals surface area contributed by atoms with E-state index in [1.807, 2.05) is 0 Å². The van der Waals surface area contributed by atoms with Gasteiger partial charge in [0.15, 0.2) is 11.5 Å². The number of ether oxygens (including phenoxy) is 1. The number of carbonyl (C=O) groups is 2. The molecule has 1 aliphatic rings. The molecule has 4 rings (SSSR count). The summed E-state index contributed by atoms with van der Waals surface area (Å²) in [6.45, 7) is 0.995. The van der Waals surface area contributed by atoms with E-state index in [9.17, 15) is 14.0 Å². The van der Waals surface area contributed by atoms with E-state index in [1.165, 1.54) is 10.9 Å². The molecule has 2 amide bonds. The van der Waals surface area contributed by atoms with Crippen molar-refractivity contribution in [2.75, 3.05) is 17.3 Å². The van der Waals surface area contributed by atoms with Gasteiger partial charge in [-0.3, -0.25) is 15.1 Å². The summed E-state index contributed by atoms with van der Waals surface area (Å²) in [7, 11) is 1.61. The average Bonchev–Trinajstić information content (AvgIpc) is 3.53. The predicted molar refractivity (Wildman–Crippen MR) is 118 cm³/mol. The van der Waals surface area contributed by atoms with Crippen LogP contribution in [-0.4, -0.2) is 43.6 Å². The van der Waals surface area contributed by atoms with Crippen molar-refractivity contribution in [3.63, 3.8) is 0 Å². The summed E-state index contributed by atoms with van der Waals surface area (Å²) in [6, 6.07) is 6.65. The summed E-state index contributed by atoms with van der Waals surface area (Å²) >= 11 is 6.06. The van der Waals surface area contributed by atoms with Gasteiger partial charge in [0.25, 0.3) is 0 Å². The Morgan fingerprint density at radius 2 is 2.06 bits per heavy atom. The van der Waals surface area contributed by atoms with Crippen LogP contribution in [0.25, 0.3) is 11.4 Å². The van der Waals surface area contributed by atoms with E-state index >= 15 is 0 Å². The van der Waals surface area contributed by atoms with Crippen LogP contribution in [0.2, 0.25) is 5.15 Å². The number of aromatic nitrogens is 5. The molecular formula is C21H21ClFN7O3. The van der Waals surface area contributed by atoms with Crippen molar-refractivity contribution in [1.82, 2.24) is 25.0 Å². The van der Waals surface area contributed by atoms with Crippen LogP contribution in [0.3, 0.4) is 0 Å². The van der Waals surface area contributed by atoms with Crippen LogP contribution in [-0.2, 0) is 16.6 Å². The summed E-state index contributed by atoms with van der Waals surface area (Å²) in [4.78, 5) is 32.9. The maximum absolute atomic E-state index is 13.1. The number of hydrogen-bond acceptors (Lipinski definition) is 7. The number of pyridine rings is 2. The highest BCUT2D eigenvalue weighted by Gasteiger charge is 2.50. The van der Waals surface area contributed by atoms with Gasteiger partial charge in [0.2, 0.25) is 5.91 Å². The first kappa shape index (κ1) is 22.6. The summed E-state index contributed by atoms with van der Waals surface area (Å²) in [6.07, 6.45) is 2.68. The van der Waals surface area contributed by atoms with Crippen LogP contribution < -0.4 is 10.6 Å². The smallest absolute Gasteiger partial charge is 0.413 e. The van der Waals surface area contributed by atoms with Gasteiger partial charge in [0.05, 0.1) is 23.0 Å². The number of halogens is 2. The van der Waals surface area contributed by atoms with E-state index in [1.54, 1.807) is 44.4 Å². The molecule has 3 heterocycles. The van der Waals surface area contributed by atoms with Crippen molar-refractivity contribution in [2.24, 2.45) is 12.5 Å². The lowest BCUT2D eigenvalue weighted by atomic mass is 10.1. The van der Waals surface area contributed by atoms with Gasteiger partial charge in [0.1, 0.15) is 17.9 Å². The first-order chi connectivity index (χ1) is 15.8. The van der Waals surface area contributed by atoms with Gasteiger partial charge in [-0.15, -0.1) is 5.10 Å². The molecule has 1 aliphatic carbocycles. The highest BCUT2D eigenvalue weighted by molar-refractivity contribution is 6.30. The molecule has 12 heteroatoms. The second kappa shape index (κ2) is 9.10. The van der Waals surface area contributed by atoms with Crippen LogP contribution in [0, 0.1) is 5.41 Å². The zero-order valence-electron chi connectivity index (χ0n) is 17.9. The number of nitrogens with zero attached hydrogens (tertiary/aromatic N) is 5. The van der Waals surface area contributed by atoms with Crippen molar-refractivity contribution in [2.45, 2.75) is 25.9 Å². The maximum atomic E-state index is 13.1. The largest absolute Gasteiger partial charge is 0.441 e. The number of aryl methyl sites for hydroxylation is 1. The minimum absolute atomic E-state index is 0.246. The third kappa shape index (κ3) is 4.77. The summed E-state index contributed by atoms with van der Waals surface area (Å²) < 4.78 is 19.8. The molecule has 172 valence electrons. The fourth-order valence-corrected chi connectivity index (χ4v) is 3.44. The van der Waals surface area contributed by atoms with Crippen LogP contribution in [0.5, 0.6) is 0 Å². The van der Waals surface area contributed by atoms with E-state index < -0.39 is 24.3 Å². The van der Waals surface area contributed by atoms with Gasteiger partial charge in [-0.05, 0) is 38.0 Å². The first-order valence-corrected chi connectivity index (χ1v) is 10.5. The van der Waals surface area contributed by atoms with Crippen molar-refractivity contribution < 1.29 is 18.7 Å². The number of alkyl halides is 1. The van der Waals surface area contributed by atoms with Gasteiger partial charge < -0.3 is 10.1 Å². The average molecular weight is 474 g/mol. The molecule has 0 bridgehead atoms. The van der Waals surface area contributed by atoms with E-state index in [2.05, 4.69) is 30.9 Å². The van der Waals surface area contributed by atoms with Crippen LogP contribution >= 0.6 is 11.6 Å². The molecule has 1 atom stereocenters. The quantitative estimate of drug-likeness (QED) is 0.498. The lowest BCUT2D eigenvalue weighted by molar-refractivity contribution is -0.121. The van der Waals surface area contributed by atoms with Crippen molar-refractivity contribution in [3.05, 3.63) is 47.4 Å². The van der Waals surface area contributed by atoms with E-state index in [4.69, 9.17) is 16.3 Å².